The first-order valence-electron chi connectivity index (χ1n) is 8.72. The smallest absolute Gasteiger partial charge is 0.398 e. The lowest BCUT2D eigenvalue weighted by Crippen LogP contribution is -2.25. The molecule has 6 heteroatoms. The monoisotopic (exact) mass is 382 g/mol. The van der Waals surface area contributed by atoms with Gasteiger partial charge in [-0.05, 0) is 55.5 Å². The Hall–Kier alpha value is -2.50. The van der Waals surface area contributed by atoms with Crippen molar-refractivity contribution in [1.29, 1.82) is 0 Å². The summed E-state index contributed by atoms with van der Waals surface area (Å²) in [4.78, 5) is 0. The zero-order chi connectivity index (χ0) is 19.9. The van der Waals surface area contributed by atoms with Crippen molar-refractivity contribution in [2.45, 2.75) is 38.7 Å². The second-order valence-corrected chi connectivity index (χ2v) is 5.99. The van der Waals surface area contributed by atoms with E-state index < -0.39 is 24.2 Å². The fraction of sp³-hybridized carbons (Fsp3) is 0.333. The SMILES string of the molecule is C=CCCc1ccc(OC(F)(F)CCc2ccc(OCC)c(F)c2F)cc1. The highest BCUT2D eigenvalue weighted by molar-refractivity contribution is 5.31. The number of hydrogen-bond donors (Lipinski definition) is 0. The fourth-order valence-corrected chi connectivity index (χ4v) is 2.53. The number of hydrogen-bond acceptors (Lipinski definition) is 2. The Morgan fingerprint density at radius 2 is 1.70 bits per heavy atom. The van der Waals surface area contributed by atoms with E-state index in [-0.39, 0.29) is 30.1 Å². The summed E-state index contributed by atoms with van der Waals surface area (Å²) in [7, 11) is 0. The van der Waals surface area contributed by atoms with Crippen LogP contribution in [0.25, 0.3) is 0 Å². The lowest BCUT2D eigenvalue weighted by atomic mass is 10.1. The summed E-state index contributed by atoms with van der Waals surface area (Å²) in [5, 5.41) is 0. The lowest BCUT2D eigenvalue weighted by Gasteiger charge is -2.18. The maximum Gasteiger partial charge on any atom is 0.398 e. The number of benzene rings is 2. The second-order valence-electron chi connectivity index (χ2n) is 5.99. The summed E-state index contributed by atoms with van der Waals surface area (Å²) >= 11 is 0. The molecule has 0 bridgehead atoms. The first-order chi connectivity index (χ1) is 12.9. The molecule has 0 radical (unpaired) electrons. The average molecular weight is 382 g/mol. The van der Waals surface area contributed by atoms with Gasteiger partial charge < -0.3 is 9.47 Å². The summed E-state index contributed by atoms with van der Waals surface area (Å²) in [5.74, 6) is -2.57. The fourth-order valence-electron chi connectivity index (χ4n) is 2.53. The third-order valence-electron chi connectivity index (χ3n) is 3.94. The van der Waals surface area contributed by atoms with Crippen LogP contribution in [0.2, 0.25) is 0 Å². The number of rotatable bonds is 10. The van der Waals surface area contributed by atoms with Crippen LogP contribution >= 0.6 is 0 Å². The van der Waals surface area contributed by atoms with Crippen molar-refractivity contribution >= 4 is 0 Å². The Bertz CT molecular complexity index is 758. The zero-order valence-corrected chi connectivity index (χ0v) is 15.1. The summed E-state index contributed by atoms with van der Waals surface area (Å²) in [6, 6.07) is 8.81. The Balaban J connectivity index is 1.98. The lowest BCUT2D eigenvalue weighted by molar-refractivity contribution is -0.180. The van der Waals surface area contributed by atoms with Gasteiger partial charge in [-0.1, -0.05) is 24.3 Å². The van der Waals surface area contributed by atoms with Gasteiger partial charge in [-0.2, -0.15) is 13.2 Å². The van der Waals surface area contributed by atoms with Crippen LogP contribution in [0.4, 0.5) is 17.6 Å². The number of aryl methyl sites for hydroxylation is 2. The van der Waals surface area contributed by atoms with Gasteiger partial charge in [0.15, 0.2) is 11.6 Å². The maximum atomic E-state index is 14.1. The minimum absolute atomic E-state index is 0.0145. The Morgan fingerprint density at radius 3 is 2.33 bits per heavy atom. The molecule has 0 spiro atoms. The minimum atomic E-state index is -3.51. The molecule has 0 saturated heterocycles. The molecule has 27 heavy (non-hydrogen) atoms. The molecule has 0 aliphatic carbocycles. The summed E-state index contributed by atoms with van der Waals surface area (Å²) in [5.41, 5.74) is 0.830. The van der Waals surface area contributed by atoms with Gasteiger partial charge in [-0.3, -0.25) is 0 Å². The zero-order valence-electron chi connectivity index (χ0n) is 15.1. The summed E-state index contributed by atoms with van der Waals surface area (Å²) in [6.45, 7) is 5.44. The highest BCUT2D eigenvalue weighted by atomic mass is 19.3. The molecule has 146 valence electrons. The molecule has 2 aromatic rings. The highest BCUT2D eigenvalue weighted by Crippen LogP contribution is 2.29. The van der Waals surface area contributed by atoms with E-state index in [1.807, 2.05) is 0 Å². The maximum absolute atomic E-state index is 14.1. The Labute approximate surface area is 156 Å². The van der Waals surface area contributed by atoms with E-state index in [9.17, 15) is 17.6 Å². The molecular formula is C21H22F4O2. The molecule has 0 amide bonds. The van der Waals surface area contributed by atoms with E-state index in [4.69, 9.17) is 9.47 Å². The van der Waals surface area contributed by atoms with Crippen molar-refractivity contribution in [2.24, 2.45) is 0 Å². The first-order valence-corrected chi connectivity index (χ1v) is 8.72. The quantitative estimate of drug-likeness (QED) is 0.366. The number of ether oxygens (including phenoxy) is 2. The third-order valence-corrected chi connectivity index (χ3v) is 3.94. The number of alkyl halides is 2. The van der Waals surface area contributed by atoms with E-state index in [0.29, 0.717) is 0 Å². The highest BCUT2D eigenvalue weighted by Gasteiger charge is 2.32. The van der Waals surface area contributed by atoms with Crippen molar-refractivity contribution < 1.29 is 27.0 Å². The van der Waals surface area contributed by atoms with Gasteiger partial charge in [0.05, 0.1) is 13.0 Å². The third kappa shape index (κ3) is 6.01. The molecule has 2 nitrogen and oxygen atoms in total. The normalized spacial score (nSPS) is 11.3. The topological polar surface area (TPSA) is 18.5 Å². The predicted octanol–water partition coefficient (Wildman–Crippen LogP) is 6.09. The minimum Gasteiger partial charge on any atom is -0.491 e. The molecule has 2 rings (SSSR count). The number of allylic oxidation sites excluding steroid dienone is 1. The van der Waals surface area contributed by atoms with Crippen LogP contribution in [0.5, 0.6) is 11.5 Å². The molecule has 0 unspecified atom stereocenters. The van der Waals surface area contributed by atoms with E-state index >= 15 is 0 Å². The van der Waals surface area contributed by atoms with Crippen LogP contribution in [0.3, 0.4) is 0 Å². The summed E-state index contributed by atoms with van der Waals surface area (Å²) in [6.07, 6.45) is -1.33. The van der Waals surface area contributed by atoms with Crippen molar-refractivity contribution in [3.05, 3.63) is 71.8 Å². The van der Waals surface area contributed by atoms with Crippen LogP contribution in [0.1, 0.15) is 30.9 Å². The van der Waals surface area contributed by atoms with Gasteiger partial charge >= 0.3 is 6.11 Å². The van der Waals surface area contributed by atoms with Crippen molar-refractivity contribution in [1.82, 2.24) is 0 Å². The van der Waals surface area contributed by atoms with Gasteiger partial charge in [-0.15, -0.1) is 6.58 Å². The molecule has 0 heterocycles. The Kier molecular flexibility index (Phi) is 7.28. The predicted molar refractivity (Wildman–Crippen MR) is 96.4 cm³/mol. The molecule has 0 saturated carbocycles. The molecule has 2 aromatic carbocycles. The molecule has 0 N–H and O–H groups in total. The first kappa shape index (κ1) is 20.8. The van der Waals surface area contributed by atoms with Gasteiger partial charge in [-0.25, -0.2) is 4.39 Å². The number of halogens is 4. The van der Waals surface area contributed by atoms with Crippen LogP contribution in [0.15, 0.2) is 49.1 Å². The van der Waals surface area contributed by atoms with Gasteiger partial charge in [0.2, 0.25) is 5.82 Å². The summed E-state index contributed by atoms with van der Waals surface area (Å²) < 4.78 is 65.6. The second kappa shape index (κ2) is 9.44. The van der Waals surface area contributed by atoms with Crippen molar-refractivity contribution in [3.8, 4) is 11.5 Å². The van der Waals surface area contributed by atoms with Crippen LogP contribution in [-0.4, -0.2) is 12.7 Å². The molecule has 0 fully saturated rings. The Morgan fingerprint density at radius 1 is 1.00 bits per heavy atom. The van der Waals surface area contributed by atoms with E-state index in [1.54, 1.807) is 25.1 Å². The van der Waals surface area contributed by atoms with Gasteiger partial charge in [0.1, 0.15) is 5.75 Å². The van der Waals surface area contributed by atoms with Crippen LogP contribution in [-0.2, 0) is 12.8 Å². The van der Waals surface area contributed by atoms with Crippen LogP contribution < -0.4 is 9.47 Å². The van der Waals surface area contributed by atoms with E-state index in [1.165, 1.54) is 24.3 Å². The molecule has 0 atom stereocenters. The van der Waals surface area contributed by atoms with Gasteiger partial charge in [0.25, 0.3) is 0 Å². The molecule has 0 aliphatic rings. The van der Waals surface area contributed by atoms with Crippen molar-refractivity contribution in [3.63, 3.8) is 0 Å². The average Bonchev–Trinajstić information content (AvgIpc) is 2.64. The van der Waals surface area contributed by atoms with E-state index in [0.717, 1.165) is 18.4 Å². The largest absolute Gasteiger partial charge is 0.491 e. The molecule has 0 aromatic heterocycles. The van der Waals surface area contributed by atoms with E-state index in [2.05, 4.69) is 6.58 Å². The van der Waals surface area contributed by atoms with Crippen molar-refractivity contribution in [2.75, 3.05) is 6.61 Å². The molecule has 0 aliphatic heterocycles. The molecular weight excluding hydrogens is 360 g/mol. The van der Waals surface area contributed by atoms with Gasteiger partial charge in [0, 0.05) is 0 Å². The van der Waals surface area contributed by atoms with Crippen LogP contribution in [0, 0.1) is 11.6 Å². The standard InChI is InChI=1S/C21H22F4O2/c1-3-5-6-15-7-10-17(11-8-15)27-21(24,25)14-13-16-9-12-18(26-4-2)20(23)19(16)22/h3,7-12H,1,4-6,13-14H2,2H3.